The minimum absolute atomic E-state index is 0.0884. The summed E-state index contributed by atoms with van der Waals surface area (Å²) in [5.74, 6) is -0.444. The van der Waals surface area contributed by atoms with Gasteiger partial charge in [0.05, 0.1) is 25.2 Å². The van der Waals surface area contributed by atoms with Crippen molar-refractivity contribution in [2.24, 2.45) is 0 Å². The zero-order valence-corrected chi connectivity index (χ0v) is 43.7. The van der Waals surface area contributed by atoms with Crippen molar-refractivity contribution in [2.45, 2.75) is 354 Å². The molecule has 0 heterocycles. The van der Waals surface area contributed by atoms with Crippen molar-refractivity contribution in [1.82, 2.24) is 5.32 Å². The van der Waals surface area contributed by atoms with Gasteiger partial charge in [-0.05, 0) is 25.7 Å². The lowest BCUT2D eigenvalue weighted by atomic mass is 10.0. The topological polar surface area (TPSA) is 95.9 Å². The number of ether oxygens (including phenoxy) is 1. The molecule has 0 aromatic carbocycles. The maximum atomic E-state index is 13.2. The van der Waals surface area contributed by atoms with E-state index in [1.54, 1.807) is 0 Å². The molecule has 0 rings (SSSR count). The van der Waals surface area contributed by atoms with Crippen LogP contribution in [0, 0.1) is 0 Å². The first-order valence-electron chi connectivity index (χ1n) is 29.3. The lowest BCUT2D eigenvalue weighted by molar-refractivity contribution is -0.151. The lowest BCUT2D eigenvalue weighted by Crippen LogP contribution is -2.46. The number of aliphatic hydroxyl groups is 2. The molecule has 3 atom stereocenters. The molecule has 0 aromatic rings. The molecular formula is C58H115NO5. The number of carbonyl (C=O) groups excluding carboxylic acids is 2. The van der Waals surface area contributed by atoms with Gasteiger partial charge in [-0.25, -0.2) is 0 Å². The van der Waals surface area contributed by atoms with Crippen LogP contribution in [-0.4, -0.2) is 46.9 Å². The third-order valence-electron chi connectivity index (χ3n) is 13.9. The van der Waals surface area contributed by atoms with Crippen molar-refractivity contribution < 1.29 is 24.5 Å². The van der Waals surface area contributed by atoms with E-state index >= 15 is 0 Å². The second-order valence-electron chi connectivity index (χ2n) is 20.4. The largest absolute Gasteiger partial charge is 0.462 e. The number of amides is 1. The predicted octanol–water partition coefficient (Wildman–Crippen LogP) is 17.9. The Morgan fingerprint density at radius 1 is 0.391 bits per heavy atom. The molecule has 0 radical (unpaired) electrons. The van der Waals surface area contributed by atoms with E-state index in [9.17, 15) is 19.8 Å². The van der Waals surface area contributed by atoms with Crippen LogP contribution in [0.2, 0.25) is 0 Å². The fraction of sp³-hybridized carbons (Fsp3) is 0.966. The van der Waals surface area contributed by atoms with Gasteiger partial charge in [0.2, 0.25) is 5.91 Å². The minimum atomic E-state index is -0.780. The first-order valence-corrected chi connectivity index (χ1v) is 29.3. The molecule has 3 unspecified atom stereocenters. The highest BCUT2D eigenvalue weighted by Crippen LogP contribution is 2.19. The van der Waals surface area contributed by atoms with Crippen LogP contribution >= 0.6 is 0 Å². The average molecular weight is 907 g/mol. The van der Waals surface area contributed by atoms with Gasteiger partial charge in [0.15, 0.2) is 0 Å². The monoisotopic (exact) mass is 906 g/mol. The SMILES string of the molecule is CCCCCCCCCCCCCCCCCCCCCC(=O)OC(CCCCCCCCCCCCCCC)CC(=O)NC(CO)C(O)CCCCCCCCCCCCCCC. The number of rotatable bonds is 54. The standard InChI is InChI=1S/C58H115NO5/c1-4-7-10-13-16-19-22-25-26-27-28-29-30-33-36-39-42-45-48-51-58(63)64-54(49-46-43-40-37-34-31-23-20-17-14-11-8-5-2)52-57(62)59-55(53-60)56(61)50-47-44-41-38-35-32-24-21-18-15-12-9-6-3/h54-56,60-61H,4-53H2,1-3H3,(H,59,62). The molecule has 0 aliphatic heterocycles. The normalized spacial score (nSPS) is 13.0. The Labute approximate surface area is 400 Å². The highest BCUT2D eigenvalue weighted by atomic mass is 16.5. The van der Waals surface area contributed by atoms with Gasteiger partial charge in [0.25, 0.3) is 0 Å². The van der Waals surface area contributed by atoms with Crippen LogP contribution in [0.5, 0.6) is 0 Å². The van der Waals surface area contributed by atoms with E-state index in [1.165, 1.54) is 250 Å². The van der Waals surface area contributed by atoms with Crippen LogP contribution in [0.3, 0.4) is 0 Å². The van der Waals surface area contributed by atoms with Gasteiger partial charge in [-0.15, -0.1) is 0 Å². The summed E-state index contributed by atoms with van der Waals surface area (Å²) >= 11 is 0. The van der Waals surface area contributed by atoms with Gasteiger partial charge < -0.3 is 20.3 Å². The van der Waals surface area contributed by atoms with Gasteiger partial charge in [-0.3, -0.25) is 9.59 Å². The third kappa shape index (κ3) is 47.4. The van der Waals surface area contributed by atoms with Crippen LogP contribution in [-0.2, 0) is 14.3 Å². The molecule has 6 nitrogen and oxygen atoms in total. The van der Waals surface area contributed by atoms with Crippen molar-refractivity contribution in [3.8, 4) is 0 Å². The quantitative estimate of drug-likeness (QED) is 0.0417. The Morgan fingerprint density at radius 2 is 0.656 bits per heavy atom. The Balaban J connectivity index is 4.43. The fourth-order valence-corrected chi connectivity index (χ4v) is 9.49. The zero-order valence-electron chi connectivity index (χ0n) is 43.7. The Morgan fingerprint density at radius 3 is 0.953 bits per heavy atom. The van der Waals surface area contributed by atoms with Crippen molar-refractivity contribution in [3.63, 3.8) is 0 Å². The van der Waals surface area contributed by atoms with Crippen molar-refractivity contribution in [2.75, 3.05) is 6.61 Å². The highest BCUT2D eigenvalue weighted by molar-refractivity contribution is 5.77. The van der Waals surface area contributed by atoms with Crippen LogP contribution in [0.4, 0.5) is 0 Å². The van der Waals surface area contributed by atoms with Crippen LogP contribution in [0.25, 0.3) is 0 Å². The number of hydrogen-bond acceptors (Lipinski definition) is 5. The second kappa shape index (κ2) is 52.8. The van der Waals surface area contributed by atoms with Crippen molar-refractivity contribution >= 4 is 11.9 Å². The number of unbranched alkanes of at least 4 members (excludes halogenated alkanes) is 42. The highest BCUT2D eigenvalue weighted by Gasteiger charge is 2.24. The Hall–Kier alpha value is -1.14. The Kier molecular flexibility index (Phi) is 51.9. The summed E-state index contributed by atoms with van der Waals surface area (Å²) < 4.78 is 5.97. The van der Waals surface area contributed by atoms with Crippen LogP contribution in [0.1, 0.15) is 335 Å². The van der Waals surface area contributed by atoms with Gasteiger partial charge in [0, 0.05) is 6.42 Å². The van der Waals surface area contributed by atoms with Crippen molar-refractivity contribution in [3.05, 3.63) is 0 Å². The van der Waals surface area contributed by atoms with Gasteiger partial charge in [-0.2, -0.15) is 0 Å². The number of nitrogens with one attached hydrogen (secondary N) is 1. The average Bonchev–Trinajstić information content (AvgIpc) is 3.29. The van der Waals surface area contributed by atoms with Crippen LogP contribution in [0.15, 0.2) is 0 Å². The number of hydrogen-bond donors (Lipinski definition) is 3. The summed E-state index contributed by atoms with van der Waals surface area (Å²) in [6.45, 7) is 6.53. The summed E-state index contributed by atoms with van der Waals surface area (Å²) in [6.07, 6.45) is 58.9. The molecule has 0 aliphatic rings. The third-order valence-corrected chi connectivity index (χ3v) is 13.9. The smallest absolute Gasteiger partial charge is 0.306 e. The van der Waals surface area contributed by atoms with E-state index in [-0.39, 0.29) is 24.9 Å². The van der Waals surface area contributed by atoms with E-state index in [0.717, 1.165) is 38.5 Å². The molecule has 6 heteroatoms. The molecule has 0 aliphatic carbocycles. The predicted molar refractivity (Wildman–Crippen MR) is 278 cm³/mol. The molecule has 0 spiro atoms. The van der Waals surface area contributed by atoms with Gasteiger partial charge in [-0.1, -0.05) is 297 Å². The summed E-state index contributed by atoms with van der Waals surface area (Å²) in [7, 11) is 0. The van der Waals surface area contributed by atoms with E-state index < -0.39 is 18.2 Å². The maximum Gasteiger partial charge on any atom is 0.306 e. The summed E-state index contributed by atoms with van der Waals surface area (Å²) in [5.41, 5.74) is 0. The first kappa shape index (κ1) is 62.9. The number of esters is 1. The molecular weight excluding hydrogens is 791 g/mol. The van der Waals surface area contributed by atoms with Crippen LogP contribution < -0.4 is 5.32 Å². The zero-order chi connectivity index (χ0) is 46.7. The Bertz CT molecular complexity index is 928. The maximum absolute atomic E-state index is 13.2. The molecule has 3 N–H and O–H groups in total. The molecule has 1 amide bonds. The number of aliphatic hydroxyl groups excluding tert-OH is 2. The summed E-state index contributed by atoms with van der Waals surface area (Å²) in [4.78, 5) is 26.3. The summed E-state index contributed by atoms with van der Waals surface area (Å²) in [5, 5.41) is 23.9. The minimum Gasteiger partial charge on any atom is -0.462 e. The molecule has 0 saturated heterocycles. The lowest BCUT2D eigenvalue weighted by Gasteiger charge is -2.24. The van der Waals surface area contributed by atoms with Gasteiger partial charge >= 0.3 is 5.97 Å². The van der Waals surface area contributed by atoms with Crippen molar-refractivity contribution in [1.29, 1.82) is 0 Å². The molecule has 0 fully saturated rings. The van der Waals surface area contributed by atoms with E-state index in [1.807, 2.05) is 0 Å². The number of carbonyl (C=O) groups is 2. The van der Waals surface area contributed by atoms with Gasteiger partial charge in [0.1, 0.15) is 6.10 Å². The molecule has 0 aromatic heterocycles. The molecule has 0 saturated carbocycles. The first-order chi connectivity index (χ1) is 31.5. The fourth-order valence-electron chi connectivity index (χ4n) is 9.49. The van der Waals surface area contributed by atoms with E-state index in [0.29, 0.717) is 19.3 Å². The van der Waals surface area contributed by atoms with E-state index in [4.69, 9.17) is 4.74 Å². The summed E-state index contributed by atoms with van der Waals surface area (Å²) in [6, 6.07) is -0.693. The molecule has 382 valence electrons. The molecule has 64 heavy (non-hydrogen) atoms. The second-order valence-corrected chi connectivity index (χ2v) is 20.4. The molecule has 0 bridgehead atoms. The van der Waals surface area contributed by atoms with E-state index in [2.05, 4.69) is 26.1 Å².